The molecule has 2 rings (SSSR count). The van der Waals surface area contributed by atoms with Gasteiger partial charge in [-0.1, -0.05) is 0 Å². The molecule has 2 N–H and O–H groups in total. The van der Waals surface area contributed by atoms with Gasteiger partial charge in [0, 0.05) is 12.4 Å². The summed E-state index contributed by atoms with van der Waals surface area (Å²) in [4.78, 5) is 15.6. The lowest BCUT2D eigenvalue weighted by Crippen LogP contribution is -2.09. The molecule has 4 heteroatoms. The molecular weight excluding hydrogens is 184 g/mol. The average molecular weight is 192 g/mol. The summed E-state index contributed by atoms with van der Waals surface area (Å²) in [6, 6.07) is 1.90. The zero-order valence-electron chi connectivity index (χ0n) is 7.07. The van der Waals surface area contributed by atoms with Gasteiger partial charge >= 0.3 is 0 Å². The van der Waals surface area contributed by atoms with Gasteiger partial charge < -0.3 is 5.73 Å². The average Bonchev–Trinajstić information content (AvgIpc) is 2.45. The molecule has 13 heavy (non-hydrogen) atoms. The van der Waals surface area contributed by atoms with Crippen molar-refractivity contribution in [1.29, 1.82) is 0 Å². The monoisotopic (exact) mass is 192 g/mol. The maximum Gasteiger partial charge on any atom is 0.259 e. The first-order valence-electron chi connectivity index (χ1n) is 3.83. The Labute approximate surface area is 79.2 Å². The minimum Gasteiger partial charge on any atom is -0.365 e. The molecule has 0 saturated carbocycles. The van der Waals surface area contributed by atoms with Crippen LogP contribution in [0.2, 0.25) is 0 Å². The number of nitrogens with two attached hydrogens (primary N) is 1. The van der Waals surface area contributed by atoms with Crippen molar-refractivity contribution in [1.82, 2.24) is 4.98 Å². The topological polar surface area (TPSA) is 56.0 Å². The summed E-state index contributed by atoms with van der Waals surface area (Å²) in [6.07, 6.45) is 3.46. The van der Waals surface area contributed by atoms with Crippen molar-refractivity contribution in [2.75, 3.05) is 0 Å². The lowest BCUT2D eigenvalue weighted by atomic mass is 10.2. The standard InChI is InChI=1S/C9H8N2OS/c1-5-6-2-3-11-4-7(6)13-8(5)9(10)12/h2-4H,1H3,(H2,10,12). The second-order valence-corrected chi connectivity index (χ2v) is 3.84. The van der Waals surface area contributed by atoms with Gasteiger partial charge in [0.2, 0.25) is 0 Å². The maximum atomic E-state index is 11.0. The van der Waals surface area contributed by atoms with Crippen LogP contribution in [0.5, 0.6) is 0 Å². The molecule has 1 amide bonds. The molecule has 3 nitrogen and oxygen atoms in total. The quantitative estimate of drug-likeness (QED) is 0.747. The Kier molecular flexibility index (Phi) is 1.77. The first-order chi connectivity index (χ1) is 6.20. The molecule has 0 radical (unpaired) electrons. The van der Waals surface area contributed by atoms with Gasteiger partial charge in [0.05, 0.1) is 9.58 Å². The van der Waals surface area contributed by atoms with Gasteiger partial charge in [-0.2, -0.15) is 0 Å². The number of pyridine rings is 1. The van der Waals surface area contributed by atoms with Crippen LogP contribution in [0.1, 0.15) is 15.2 Å². The summed E-state index contributed by atoms with van der Waals surface area (Å²) in [5.41, 5.74) is 6.18. The maximum absolute atomic E-state index is 11.0. The fraction of sp³-hybridized carbons (Fsp3) is 0.111. The van der Waals surface area contributed by atoms with Crippen molar-refractivity contribution >= 4 is 27.3 Å². The molecule has 66 valence electrons. The number of fused-ring (bicyclic) bond motifs is 1. The summed E-state index contributed by atoms with van der Waals surface area (Å²) < 4.78 is 1.01. The fourth-order valence-corrected chi connectivity index (χ4v) is 2.34. The zero-order chi connectivity index (χ0) is 9.42. The Bertz CT molecular complexity index is 475. The number of amides is 1. The van der Waals surface area contributed by atoms with E-state index in [0.29, 0.717) is 4.88 Å². The van der Waals surface area contributed by atoms with Gasteiger partial charge in [0.15, 0.2) is 0 Å². The van der Waals surface area contributed by atoms with Crippen molar-refractivity contribution in [3.05, 3.63) is 28.9 Å². The minimum absolute atomic E-state index is 0.362. The Morgan fingerprint density at radius 2 is 2.38 bits per heavy atom. The van der Waals surface area contributed by atoms with Crippen LogP contribution in [0.15, 0.2) is 18.5 Å². The molecule has 0 spiro atoms. The number of aryl methyl sites for hydroxylation is 1. The third-order valence-corrected chi connectivity index (χ3v) is 3.22. The molecule has 0 bridgehead atoms. The number of carbonyl (C=O) groups is 1. The van der Waals surface area contributed by atoms with Crippen LogP contribution in [0, 0.1) is 6.92 Å². The van der Waals surface area contributed by atoms with Gasteiger partial charge in [0.25, 0.3) is 5.91 Å². The Hall–Kier alpha value is -1.42. The predicted octanol–water partition coefficient (Wildman–Crippen LogP) is 1.70. The number of nitrogens with zero attached hydrogens (tertiary/aromatic N) is 1. The van der Waals surface area contributed by atoms with Crippen LogP contribution < -0.4 is 5.73 Å². The number of hydrogen-bond acceptors (Lipinski definition) is 3. The van der Waals surface area contributed by atoms with E-state index in [9.17, 15) is 4.79 Å². The van der Waals surface area contributed by atoms with Crippen LogP contribution in [0.25, 0.3) is 10.1 Å². The van der Waals surface area contributed by atoms with Gasteiger partial charge in [-0.3, -0.25) is 9.78 Å². The van der Waals surface area contributed by atoms with Crippen LogP contribution in [-0.2, 0) is 0 Å². The number of carbonyl (C=O) groups excluding carboxylic acids is 1. The molecule has 0 unspecified atom stereocenters. The van der Waals surface area contributed by atoms with Crippen molar-refractivity contribution in [3.63, 3.8) is 0 Å². The van der Waals surface area contributed by atoms with Gasteiger partial charge in [0.1, 0.15) is 0 Å². The van der Waals surface area contributed by atoms with Crippen LogP contribution in [-0.4, -0.2) is 10.9 Å². The number of hydrogen-bond donors (Lipinski definition) is 1. The van der Waals surface area contributed by atoms with Gasteiger partial charge in [-0.05, 0) is 23.9 Å². The lowest BCUT2D eigenvalue weighted by molar-refractivity contribution is 0.100. The fourth-order valence-electron chi connectivity index (χ4n) is 1.32. The molecule has 0 saturated heterocycles. The summed E-state index contributed by atoms with van der Waals surface area (Å²) in [7, 11) is 0. The molecular formula is C9H8N2OS. The molecule has 2 heterocycles. The highest BCUT2D eigenvalue weighted by atomic mass is 32.1. The molecule has 0 aliphatic carbocycles. The highest BCUT2D eigenvalue weighted by molar-refractivity contribution is 7.21. The van der Waals surface area contributed by atoms with Crippen molar-refractivity contribution in [2.45, 2.75) is 6.92 Å². The van der Waals surface area contributed by atoms with Crippen molar-refractivity contribution < 1.29 is 4.79 Å². The smallest absolute Gasteiger partial charge is 0.259 e. The summed E-state index contributed by atoms with van der Waals surface area (Å²) in [5, 5.41) is 1.06. The van der Waals surface area contributed by atoms with E-state index in [4.69, 9.17) is 5.73 Å². The Morgan fingerprint density at radius 3 is 3.00 bits per heavy atom. The summed E-state index contributed by atoms with van der Waals surface area (Å²) in [5.74, 6) is -0.362. The van der Waals surface area contributed by atoms with E-state index in [1.807, 2.05) is 13.0 Å². The minimum atomic E-state index is -0.362. The second-order valence-electron chi connectivity index (χ2n) is 2.79. The van der Waals surface area contributed by atoms with Crippen molar-refractivity contribution in [2.24, 2.45) is 5.73 Å². The van der Waals surface area contributed by atoms with E-state index >= 15 is 0 Å². The van der Waals surface area contributed by atoms with Gasteiger partial charge in [-0.25, -0.2) is 0 Å². The lowest BCUT2D eigenvalue weighted by Gasteiger charge is -1.90. The van der Waals surface area contributed by atoms with Crippen LogP contribution in [0.3, 0.4) is 0 Å². The molecule has 0 aromatic carbocycles. The van der Waals surface area contributed by atoms with Crippen molar-refractivity contribution in [3.8, 4) is 0 Å². The first-order valence-corrected chi connectivity index (χ1v) is 4.64. The molecule has 2 aromatic rings. The molecule has 0 aliphatic rings. The Morgan fingerprint density at radius 1 is 1.62 bits per heavy atom. The summed E-state index contributed by atoms with van der Waals surface area (Å²) >= 11 is 1.39. The normalized spacial score (nSPS) is 10.5. The SMILES string of the molecule is Cc1c(C(N)=O)sc2cnccc12. The largest absolute Gasteiger partial charge is 0.365 e. The molecule has 2 aromatic heterocycles. The third-order valence-electron chi connectivity index (χ3n) is 1.96. The number of aromatic nitrogens is 1. The van der Waals surface area contributed by atoms with Crippen LogP contribution in [0.4, 0.5) is 0 Å². The van der Waals surface area contributed by atoms with E-state index in [1.54, 1.807) is 12.4 Å². The molecule has 0 aliphatic heterocycles. The molecule has 0 atom stereocenters. The number of rotatable bonds is 1. The first kappa shape index (κ1) is 8.19. The number of thiophene rings is 1. The third kappa shape index (κ3) is 1.19. The second kappa shape index (κ2) is 2.81. The van der Waals surface area contributed by atoms with Crippen LogP contribution >= 0.6 is 11.3 Å². The highest BCUT2D eigenvalue weighted by Crippen LogP contribution is 2.29. The van der Waals surface area contributed by atoms with E-state index in [-0.39, 0.29) is 5.91 Å². The predicted molar refractivity (Wildman–Crippen MR) is 52.9 cm³/mol. The highest BCUT2D eigenvalue weighted by Gasteiger charge is 2.11. The van der Waals surface area contributed by atoms with Gasteiger partial charge in [-0.15, -0.1) is 11.3 Å². The summed E-state index contributed by atoms with van der Waals surface area (Å²) in [6.45, 7) is 1.90. The Balaban J connectivity index is 2.81. The van der Waals surface area contributed by atoms with E-state index in [2.05, 4.69) is 4.98 Å². The zero-order valence-corrected chi connectivity index (χ0v) is 7.89. The molecule has 0 fully saturated rings. The van der Waals surface area contributed by atoms with E-state index in [1.165, 1.54) is 11.3 Å². The van der Waals surface area contributed by atoms with E-state index in [0.717, 1.165) is 15.6 Å². The van der Waals surface area contributed by atoms with E-state index < -0.39 is 0 Å². The number of primary amides is 1.